The molecule has 2 aromatic rings. The van der Waals surface area contributed by atoms with Gasteiger partial charge >= 0.3 is 0 Å². The van der Waals surface area contributed by atoms with E-state index >= 15 is 0 Å². The third-order valence-electron chi connectivity index (χ3n) is 3.00. The molecule has 0 heterocycles. The Kier molecular flexibility index (Phi) is 5.11. The van der Waals surface area contributed by atoms with Crippen LogP contribution in [0.1, 0.15) is 10.4 Å². The van der Waals surface area contributed by atoms with Crippen molar-refractivity contribution in [1.82, 2.24) is 0 Å². The largest absolute Gasteiger partial charge is 0.493 e. The number of methoxy groups -OCH3 is 2. The summed E-state index contributed by atoms with van der Waals surface area (Å²) >= 11 is 1.39. The number of thioether (sulfide) groups is 1. The monoisotopic (exact) mass is 303 g/mol. The summed E-state index contributed by atoms with van der Waals surface area (Å²) in [5, 5.41) is 0. The van der Waals surface area contributed by atoms with Gasteiger partial charge in [0.15, 0.2) is 17.3 Å². The molecular weight excluding hydrogens is 286 g/mol. The van der Waals surface area contributed by atoms with Crippen LogP contribution in [0.15, 0.2) is 47.4 Å². The van der Waals surface area contributed by atoms with E-state index in [0.29, 0.717) is 28.5 Å². The minimum atomic E-state index is 0.0646. The quantitative estimate of drug-likeness (QED) is 0.504. The first-order chi connectivity index (χ1) is 10.2. The van der Waals surface area contributed by atoms with Gasteiger partial charge in [0.2, 0.25) is 0 Å². The molecule has 110 valence electrons. The molecule has 0 saturated heterocycles. The summed E-state index contributed by atoms with van der Waals surface area (Å²) in [4.78, 5) is 12.9. The van der Waals surface area contributed by atoms with Gasteiger partial charge in [-0.05, 0) is 12.1 Å². The highest BCUT2D eigenvalue weighted by Crippen LogP contribution is 2.39. The van der Waals surface area contributed by atoms with Gasteiger partial charge in [-0.1, -0.05) is 30.3 Å². The van der Waals surface area contributed by atoms with Crippen LogP contribution in [-0.4, -0.2) is 25.8 Å². The van der Waals surface area contributed by atoms with Crippen LogP contribution in [0.4, 0.5) is 5.69 Å². The Morgan fingerprint density at radius 2 is 1.81 bits per heavy atom. The highest BCUT2D eigenvalue weighted by atomic mass is 32.2. The van der Waals surface area contributed by atoms with E-state index < -0.39 is 0 Å². The maximum Gasteiger partial charge on any atom is 0.184 e. The molecule has 4 nitrogen and oxygen atoms in total. The molecule has 2 N–H and O–H groups in total. The van der Waals surface area contributed by atoms with Crippen LogP contribution in [0.3, 0.4) is 0 Å². The number of hydrogen-bond acceptors (Lipinski definition) is 5. The van der Waals surface area contributed by atoms with Crippen LogP contribution in [0.5, 0.6) is 11.5 Å². The Bertz CT molecular complexity index is 629. The fourth-order valence-corrected chi connectivity index (χ4v) is 2.78. The third kappa shape index (κ3) is 3.49. The molecule has 0 aliphatic heterocycles. The van der Waals surface area contributed by atoms with Crippen molar-refractivity contribution >= 4 is 23.2 Å². The van der Waals surface area contributed by atoms with Gasteiger partial charge in [-0.3, -0.25) is 4.79 Å². The van der Waals surface area contributed by atoms with Crippen molar-refractivity contribution in [2.24, 2.45) is 0 Å². The van der Waals surface area contributed by atoms with Crippen LogP contribution in [0, 0.1) is 0 Å². The standard InChI is InChI=1S/C16H17NO3S/c1-19-13-8-9-14(15(17)16(13)20-2)21-10-12(18)11-6-4-3-5-7-11/h3-9H,10,17H2,1-2H3. The van der Waals surface area contributed by atoms with Crippen molar-refractivity contribution in [3.05, 3.63) is 48.0 Å². The third-order valence-corrected chi connectivity index (χ3v) is 4.07. The SMILES string of the molecule is COc1ccc(SCC(=O)c2ccccc2)c(N)c1OC. The Balaban J connectivity index is 2.12. The lowest BCUT2D eigenvalue weighted by molar-refractivity contribution is 0.102. The molecule has 0 aliphatic rings. The Hall–Kier alpha value is -2.14. The van der Waals surface area contributed by atoms with Gasteiger partial charge in [-0.15, -0.1) is 11.8 Å². The second kappa shape index (κ2) is 7.04. The van der Waals surface area contributed by atoms with Gasteiger partial charge < -0.3 is 15.2 Å². The lowest BCUT2D eigenvalue weighted by Crippen LogP contribution is -2.03. The minimum absolute atomic E-state index is 0.0646. The van der Waals surface area contributed by atoms with Crippen molar-refractivity contribution < 1.29 is 14.3 Å². The molecule has 0 saturated carbocycles. The first-order valence-electron chi connectivity index (χ1n) is 6.39. The molecule has 0 aromatic heterocycles. The average Bonchev–Trinajstić information content (AvgIpc) is 2.53. The molecule has 0 atom stereocenters. The zero-order valence-electron chi connectivity index (χ0n) is 12.0. The molecule has 0 aliphatic carbocycles. The van der Waals surface area contributed by atoms with Crippen LogP contribution in [0.25, 0.3) is 0 Å². The molecule has 2 aromatic carbocycles. The summed E-state index contributed by atoms with van der Waals surface area (Å²) in [6, 6.07) is 12.8. The van der Waals surface area contributed by atoms with Gasteiger partial charge in [0.05, 0.1) is 25.7 Å². The number of ether oxygens (including phenoxy) is 2. The second-order valence-electron chi connectivity index (χ2n) is 4.29. The number of rotatable bonds is 6. The molecule has 0 unspecified atom stereocenters. The fourth-order valence-electron chi connectivity index (χ4n) is 1.91. The average molecular weight is 303 g/mol. The van der Waals surface area contributed by atoms with Gasteiger partial charge in [0, 0.05) is 10.5 Å². The number of Topliss-reactive ketones (excluding diaryl/α,β-unsaturated/α-hetero) is 1. The summed E-state index contributed by atoms with van der Waals surface area (Å²) in [6.45, 7) is 0. The normalized spacial score (nSPS) is 10.2. The molecule has 0 fully saturated rings. The number of hydrogen-bond donors (Lipinski definition) is 1. The van der Waals surface area contributed by atoms with Crippen molar-refractivity contribution in [3.8, 4) is 11.5 Å². The summed E-state index contributed by atoms with van der Waals surface area (Å²) in [5.41, 5.74) is 7.24. The van der Waals surface area contributed by atoms with Gasteiger partial charge in [-0.2, -0.15) is 0 Å². The number of carbonyl (C=O) groups excluding carboxylic acids is 1. The minimum Gasteiger partial charge on any atom is -0.493 e. The molecule has 0 spiro atoms. The number of benzene rings is 2. The molecule has 0 radical (unpaired) electrons. The number of ketones is 1. The highest BCUT2D eigenvalue weighted by Gasteiger charge is 2.14. The Labute approximate surface area is 128 Å². The highest BCUT2D eigenvalue weighted by molar-refractivity contribution is 8.00. The smallest absolute Gasteiger partial charge is 0.184 e. The maximum atomic E-state index is 12.1. The van der Waals surface area contributed by atoms with Crippen molar-refractivity contribution in [2.75, 3.05) is 25.7 Å². The maximum absolute atomic E-state index is 12.1. The van der Waals surface area contributed by atoms with E-state index in [1.165, 1.54) is 18.9 Å². The summed E-state index contributed by atoms with van der Waals surface area (Å²) < 4.78 is 10.4. The molecule has 5 heteroatoms. The topological polar surface area (TPSA) is 61.5 Å². The predicted octanol–water partition coefficient (Wildman–Crippen LogP) is 3.26. The van der Waals surface area contributed by atoms with E-state index in [9.17, 15) is 4.79 Å². The lowest BCUT2D eigenvalue weighted by Gasteiger charge is -2.13. The molecular formula is C16H17NO3S. The first kappa shape index (κ1) is 15.3. The van der Waals surface area contributed by atoms with Crippen LogP contribution in [0.2, 0.25) is 0 Å². The first-order valence-corrected chi connectivity index (χ1v) is 7.37. The van der Waals surface area contributed by atoms with E-state index in [0.717, 1.165) is 4.90 Å². The van der Waals surface area contributed by atoms with Gasteiger partial charge in [0.25, 0.3) is 0 Å². The van der Waals surface area contributed by atoms with E-state index in [-0.39, 0.29) is 5.78 Å². The molecule has 21 heavy (non-hydrogen) atoms. The van der Waals surface area contributed by atoms with E-state index in [1.54, 1.807) is 25.3 Å². The van der Waals surface area contributed by atoms with Gasteiger partial charge in [0.1, 0.15) is 0 Å². The fraction of sp³-hybridized carbons (Fsp3) is 0.188. The summed E-state index contributed by atoms with van der Waals surface area (Å²) in [7, 11) is 3.10. The van der Waals surface area contributed by atoms with Crippen LogP contribution >= 0.6 is 11.8 Å². The number of anilines is 1. The van der Waals surface area contributed by atoms with Crippen LogP contribution < -0.4 is 15.2 Å². The van der Waals surface area contributed by atoms with E-state index in [2.05, 4.69) is 0 Å². The van der Waals surface area contributed by atoms with Crippen LogP contribution in [-0.2, 0) is 0 Å². The molecule has 2 rings (SSSR count). The van der Waals surface area contributed by atoms with Crippen molar-refractivity contribution in [1.29, 1.82) is 0 Å². The number of nitrogens with two attached hydrogens (primary N) is 1. The number of carbonyl (C=O) groups is 1. The Morgan fingerprint density at radius 3 is 2.43 bits per heavy atom. The van der Waals surface area contributed by atoms with E-state index in [1.807, 2.05) is 24.3 Å². The van der Waals surface area contributed by atoms with Crippen molar-refractivity contribution in [2.45, 2.75) is 4.90 Å². The summed E-state index contributed by atoms with van der Waals surface area (Å²) in [5.74, 6) is 1.46. The Morgan fingerprint density at radius 1 is 1.10 bits per heavy atom. The zero-order chi connectivity index (χ0) is 15.2. The summed E-state index contributed by atoms with van der Waals surface area (Å²) in [6.07, 6.45) is 0. The number of nitrogen functional groups attached to an aromatic ring is 1. The second-order valence-corrected chi connectivity index (χ2v) is 5.31. The van der Waals surface area contributed by atoms with Gasteiger partial charge in [-0.25, -0.2) is 0 Å². The zero-order valence-corrected chi connectivity index (χ0v) is 12.8. The van der Waals surface area contributed by atoms with Crippen molar-refractivity contribution in [3.63, 3.8) is 0 Å². The van der Waals surface area contributed by atoms with E-state index in [4.69, 9.17) is 15.2 Å². The molecule has 0 amide bonds. The lowest BCUT2D eigenvalue weighted by atomic mass is 10.2. The predicted molar refractivity (Wildman–Crippen MR) is 85.5 cm³/mol. The molecule has 0 bridgehead atoms.